The van der Waals surface area contributed by atoms with E-state index in [9.17, 15) is 4.79 Å². The number of carbonyl (C=O) groups is 1. The van der Waals surface area contributed by atoms with E-state index in [1.54, 1.807) is 19.2 Å². The molecule has 0 aliphatic carbocycles. The van der Waals surface area contributed by atoms with Crippen LogP contribution in [0.5, 0.6) is 23.0 Å². The molecule has 7 heteroatoms. The van der Waals surface area contributed by atoms with E-state index >= 15 is 0 Å². The van der Waals surface area contributed by atoms with Gasteiger partial charge in [-0.15, -0.1) is 0 Å². The van der Waals surface area contributed by atoms with E-state index in [1.165, 1.54) is 14.2 Å². The van der Waals surface area contributed by atoms with Crippen LogP contribution in [-0.2, 0) is 0 Å². The number of methoxy groups -OCH3 is 3. The van der Waals surface area contributed by atoms with Gasteiger partial charge in [0.1, 0.15) is 28.6 Å². The van der Waals surface area contributed by atoms with Gasteiger partial charge in [-0.1, -0.05) is 19.4 Å². The maximum absolute atomic E-state index is 13.0. The van der Waals surface area contributed by atoms with Crippen molar-refractivity contribution in [2.45, 2.75) is 26.7 Å². The Morgan fingerprint density at radius 3 is 2.11 bits per heavy atom. The standard InChI is InChI=1S/C21H27O5P.Li.H/c1-6-7-10-26-15-8-9-19(14(2)11-15)27-21(22)20-17(24-4)12-16(23-3)13-18(20)25-5;;/h8-9,11-13,27H,6-7,10H2,1-5H3;;. The van der Waals surface area contributed by atoms with Crippen molar-refractivity contribution in [1.29, 1.82) is 0 Å². The average molecular weight is 398 g/mol. The number of hydrogen-bond acceptors (Lipinski definition) is 5. The molecule has 148 valence electrons. The van der Waals surface area contributed by atoms with Gasteiger partial charge in [0.05, 0.1) is 27.9 Å². The van der Waals surface area contributed by atoms with E-state index in [2.05, 4.69) is 6.92 Å². The summed E-state index contributed by atoms with van der Waals surface area (Å²) in [5, 5.41) is 0.975. The molecule has 0 saturated carbocycles. The second-order valence-electron chi connectivity index (χ2n) is 6.04. The van der Waals surface area contributed by atoms with E-state index < -0.39 is 0 Å². The van der Waals surface area contributed by atoms with Gasteiger partial charge in [-0.3, -0.25) is 4.79 Å². The Hall–Kier alpha value is -1.66. The Morgan fingerprint density at radius 2 is 1.61 bits per heavy atom. The van der Waals surface area contributed by atoms with Crippen molar-refractivity contribution in [3.8, 4) is 23.0 Å². The fraction of sp³-hybridized carbons (Fsp3) is 0.381. The molecule has 28 heavy (non-hydrogen) atoms. The van der Waals surface area contributed by atoms with Crippen LogP contribution in [0.25, 0.3) is 0 Å². The molecule has 2 aromatic carbocycles. The summed E-state index contributed by atoms with van der Waals surface area (Å²) in [4.78, 5) is 13.0. The number of hydrogen-bond donors (Lipinski definition) is 0. The molecule has 2 aromatic rings. The molecule has 0 radical (unpaired) electrons. The number of rotatable bonds is 10. The summed E-state index contributed by atoms with van der Waals surface area (Å²) in [6.45, 7) is 4.83. The third kappa shape index (κ3) is 6.17. The Labute approximate surface area is 181 Å². The summed E-state index contributed by atoms with van der Waals surface area (Å²) < 4.78 is 21.8. The predicted molar refractivity (Wildman–Crippen MR) is 117 cm³/mol. The first-order valence-corrected chi connectivity index (χ1v) is 9.88. The summed E-state index contributed by atoms with van der Waals surface area (Å²) in [5.41, 5.74) is 1.41. The van der Waals surface area contributed by atoms with E-state index in [-0.39, 0.29) is 33.0 Å². The van der Waals surface area contributed by atoms with Crippen molar-refractivity contribution in [2.24, 2.45) is 0 Å². The van der Waals surface area contributed by atoms with Crippen LogP contribution in [0.4, 0.5) is 0 Å². The molecule has 2 rings (SSSR count). The van der Waals surface area contributed by atoms with Crippen molar-refractivity contribution in [1.82, 2.24) is 0 Å². The normalized spacial score (nSPS) is 10.5. The third-order valence-corrected chi connectivity index (χ3v) is 5.46. The van der Waals surface area contributed by atoms with Crippen LogP contribution in [0, 0.1) is 6.92 Å². The molecule has 0 bridgehead atoms. The molecule has 0 heterocycles. The van der Waals surface area contributed by atoms with Crippen LogP contribution in [-0.4, -0.2) is 52.3 Å². The van der Waals surface area contributed by atoms with Crippen molar-refractivity contribution in [2.75, 3.05) is 27.9 Å². The summed E-state index contributed by atoms with van der Waals surface area (Å²) in [7, 11) is 4.57. The molecule has 0 aromatic heterocycles. The molecule has 0 N–H and O–H groups in total. The molecule has 0 spiro atoms. The fourth-order valence-electron chi connectivity index (χ4n) is 2.61. The molecule has 0 saturated heterocycles. The average Bonchev–Trinajstić information content (AvgIpc) is 2.68. The van der Waals surface area contributed by atoms with E-state index in [0.717, 1.165) is 29.5 Å². The first-order valence-electron chi connectivity index (χ1n) is 8.88. The molecule has 1 atom stereocenters. The zero-order valence-corrected chi connectivity index (χ0v) is 17.5. The van der Waals surface area contributed by atoms with Crippen molar-refractivity contribution < 1.29 is 23.7 Å². The molecule has 0 aliphatic heterocycles. The number of benzene rings is 2. The third-order valence-electron chi connectivity index (χ3n) is 4.15. The summed E-state index contributed by atoms with van der Waals surface area (Å²) in [5.74, 6) is 2.30. The van der Waals surface area contributed by atoms with Gasteiger partial charge in [-0.2, -0.15) is 0 Å². The van der Waals surface area contributed by atoms with E-state index in [1.807, 2.05) is 25.1 Å². The van der Waals surface area contributed by atoms with Gasteiger partial charge in [0.2, 0.25) is 0 Å². The Kier molecular flexibility index (Phi) is 10.5. The molecule has 0 amide bonds. The first kappa shape index (κ1) is 24.4. The van der Waals surface area contributed by atoms with Gasteiger partial charge in [-0.05, 0) is 44.9 Å². The summed E-state index contributed by atoms with van der Waals surface area (Å²) in [6.07, 6.45) is 2.12. The molecule has 0 aliphatic rings. The molecular weight excluding hydrogens is 370 g/mol. The van der Waals surface area contributed by atoms with Crippen molar-refractivity contribution in [3.05, 3.63) is 41.5 Å². The second-order valence-corrected chi connectivity index (χ2v) is 7.28. The van der Waals surface area contributed by atoms with E-state index in [4.69, 9.17) is 18.9 Å². The zero-order chi connectivity index (χ0) is 19.8. The maximum atomic E-state index is 13.0. The second kappa shape index (κ2) is 12.0. The predicted octanol–water partition coefficient (Wildman–Crippen LogP) is 3.70. The van der Waals surface area contributed by atoms with Gasteiger partial charge in [0.25, 0.3) is 0 Å². The first-order chi connectivity index (χ1) is 13.0. The fourth-order valence-corrected chi connectivity index (χ4v) is 3.67. The number of unbranched alkanes of at least 4 members (excludes halogenated alkanes) is 1. The van der Waals surface area contributed by atoms with Gasteiger partial charge in [-0.25, -0.2) is 0 Å². The molecule has 0 fully saturated rings. The monoisotopic (exact) mass is 398 g/mol. The Balaban J connectivity index is 0.00000392. The van der Waals surface area contributed by atoms with Gasteiger partial charge in [0.15, 0.2) is 5.52 Å². The summed E-state index contributed by atoms with van der Waals surface area (Å²) >= 11 is 0. The topological polar surface area (TPSA) is 54.0 Å². The molecular formula is C21H28LiO5P. The molecule has 5 nitrogen and oxygen atoms in total. The quantitative estimate of drug-likeness (QED) is 0.347. The minimum atomic E-state index is -0.0471. The zero-order valence-electron chi connectivity index (χ0n) is 16.5. The SMILES string of the molecule is CCCCOc1ccc(PC(=O)c2c(OC)cc(OC)cc2OC)c(C)c1.[LiH]. The van der Waals surface area contributed by atoms with Gasteiger partial charge >= 0.3 is 18.9 Å². The number of aryl methyl sites for hydroxylation is 1. The van der Waals surface area contributed by atoms with Gasteiger partial charge in [0, 0.05) is 12.1 Å². The van der Waals surface area contributed by atoms with Crippen molar-refractivity contribution in [3.63, 3.8) is 0 Å². The molecule has 1 unspecified atom stereocenters. The summed E-state index contributed by atoms with van der Waals surface area (Å²) in [6, 6.07) is 9.24. The van der Waals surface area contributed by atoms with E-state index in [0.29, 0.717) is 29.4 Å². The van der Waals surface area contributed by atoms with Crippen molar-refractivity contribution >= 4 is 38.3 Å². The number of carbonyl (C=O) groups excluding carboxylic acids is 1. The Bertz CT molecular complexity index is 769. The number of ether oxygens (including phenoxy) is 4. The van der Waals surface area contributed by atoms with Crippen LogP contribution in [0.3, 0.4) is 0 Å². The van der Waals surface area contributed by atoms with Gasteiger partial charge < -0.3 is 18.9 Å². The van der Waals surface area contributed by atoms with Crippen LogP contribution >= 0.6 is 8.58 Å². The minimum absolute atomic E-state index is 0. The van der Waals surface area contributed by atoms with Crippen LogP contribution in [0.1, 0.15) is 35.7 Å². The van der Waals surface area contributed by atoms with Crippen LogP contribution in [0.2, 0.25) is 0 Å². The van der Waals surface area contributed by atoms with Crippen LogP contribution in [0.15, 0.2) is 30.3 Å². The Morgan fingerprint density at radius 1 is 0.964 bits per heavy atom. The van der Waals surface area contributed by atoms with Crippen LogP contribution < -0.4 is 24.3 Å².